The second-order valence-electron chi connectivity index (χ2n) is 10.2. The normalized spacial score (nSPS) is 14.8. The predicted molar refractivity (Wildman–Crippen MR) is 152 cm³/mol. The van der Waals surface area contributed by atoms with Gasteiger partial charge in [-0.25, -0.2) is 9.18 Å². The van der Waals surface area contributed by atoms with E-state index in [0.29, 0.717) is 36.3 Å². The number of carbonyl (C=O) groups excluding carboxylic acids is 3. The predicted octanol–water partition coefficient (Wildman–Crippen LogP) is 5.22. The van der Waals surface area contributed by atoms with Crippen LogP contribution in [0.4, 0.5) is 20.6 Å². The van der Waals surface area contributed by atoms with Gasteiger partial charge in [0.15, 0.2) is 0 Å². The third-order valence-corrected chi connectivity index (χ3v) is 7.93. The summed E-state index contributed by atoms with van der Waals surface area (Å²) in [6.07, 6.45) is 0. The fourth-order valence-corrected chi connectivity index (χ4v) is 5.99. The van der Waals surface area contributed by atoms with E-state index in [1.807, 2.05) is 49.4 Å². The molecule has 0 spiro atoms. The van der Waals surface area contributed by atoms with Crippen molar-refractivity contribution in [1.29, 1.82) is 0 Å². The molecule has 0 saturated carbocycles. The number of halogens is 1. The summed E-state index contributed by atoms with van der Waals surface area (Å²) >= 11 is 0. The van der Waals surface area contributed by atoms with Gasteiger partial charge >= 0.3 is 6.03 Å². The smallest absolute Gasteiger partial charge is 0.321 e. The molecule has 0 unspecified atom stereocenters. The molecule has 1 saturated heterocycles. The van der Waals surface area contributed by atoms with E-state index in [2.05, 4.69) is 10.3 Å². The van der Waals surface area contributed by atoms with Crippen molar-refractivity contribution in [1.82, 2.24) is 10.3 Å². The van der Waals surface area contributed by atoms with Gasteiger partial charge in [0.1, 0.15) is 5.82 Å². The molecule has 4 amide bonds. The molecule has 4 aromatic carbocycles. The first-order valence-electron chi connectivity index (χ1n) is 13.0. The van der Waals surface area contributed by atoms with Gasteiger partial charge in [-0.1, -0.05) is 30.3 Å². The lowest BCUT2D eigenvalue weighted by Crippen LogP contribution is -2.27. The maximum Gasteiger partial charge on any atom is 0.321 e. The number of hydrogen-bond acceptors (Lipinski definition) is 3. The molecule has 9 heteroatoms. The highest BCUT2D eigenvalue weighted by atomic mass is 19.1. The molecular weight excluding hydrogens is 509 g/mol. The number of rotatable bonds is 4. The first-order chi connectivity index (χ1) is 19.3. The number of aromatic nitrogens is 1. The van der Waals surface area contributed by atoms with Crippen LogP contribution in [0.5, 0.6) is 0 Å². The maximum atomic E-state index is 13.9. The Hall–Kier alpha value is -5.18. The van der Waals surface area contributed by atoms with E-state index < -0.39 is 11.7 Å². The van der Waals surface area contributed by atoms with Gasteiger partial charge in [-0.05, 0) is 65.6 Å². The zero-order valence-corrected chi connectivity index (χ0v) is 21.5. The van der Waals surface area contributed by atoms with Gasteiger partial charge in [0.2, 0.25) is 0 Å². The first kappa shape index (κ1) is 23.9. The molecule has 1 fully saturated rings. The highest BCUT2D eigenvalue weighted by molar-refractivity contribution is 6.21. The van der Waals surface area contributed by atoms with Gasteiger partial charge in [0.05, 0.1) is 17.6 Å². The van der Waals surface area contributed by atoms with Gasteiger partial charge in [-0.3, -0.25) is 14.5 Å². The molecule has 2 aliphatic rings. The average Bonchev–Trinajstić information content (AvgIpc) is 3.63. The maximum absolute atomic E-state index is 13.9. The second kappa shape index (κ2) is 8.67. The van der Waals surface area contributed by atoms with Crippen molar-refractivity contribution in [2.24, 2.45) is 5.73 Å². The zero-order chi connectivity index (χ0) is 27.7. The largest absolute Gasteiger partial charge is 0.366 e. The Morgan fingerprint density at radius 3 is 2.58 bits per heavy atom. The van der Waals surface area contributed by atoms with Crippen molar-refractivity contribution in [3.8, 4) is 11.1 Å². The molecule has 0 radical (unpaired) electrons. The van der Waals surface area contributed by atoms with Crippen LogP contribution < -0.4 is 20.9 Å². The number of urea groups is 1. The van der Waals surface area contributed by atoms with Crippen LogP contribution in [0.3, 0.4) is 0 Å². The van der Waals surface area contributed by atoms with Crippen molar-refractivity contribution >= 4 is 51.0 Å². The topological polar surface area (TPSA) is 112 Å². The Kier molecular flexibility index (Phi) is 5.18. The number of nitrogens with zero attached hydrogens (tertiary/aromatic N) is 2. The summed E-state index contributed by atoms with van der Waals surface area (Å²) in [5, 5.41) is 4.51. The number of hydrogen-bond donors (Lipinski definition) is 3. The number of fused-ring (bicyclic) bond motifs is 4. The Balaban J connectivity index is 1.40. The molecule has 7 rings (SSSR count). The molecule has 40 heavy (non-hydrogen) atoms. The van der Waals surface area contributed by atoms with E-state index in [-0.39, 0.29) is 11.9 Å². The number of nitrogens with one attached hydrogen (secondary N) is 2. The molecule has 0 aliphatic carbocycles. The number of H-pyrrole nitrogens is 1. The van der Waals surface area contributed by atoms with Gasteiger partial charge in [-0.2, -0.15) is 0 Å². The number of benzene rings is 4. The standard InChI is InChI=1S/C31H24FN5O3/c1-16-20(3-2-4-26(16)37-15-17-5-6-18(32)13-24(17)30(37)39)21-9-10-23(29(33)38)28-27(21)22-8-7-19(14-25(22)35-28)36-12-11-34-31(36)40/h2-10,13-14,35H,11-12,15H2,1H3,(H2,33,38)(H,34,40). The molecular formula is C31H24FN5O3. The second-order valence-corrected chi connectivity index (χ2v) is 10.2. The van der Waals surface area contributed by atoms with Crippen LogP contribution in [0, 0.1) is 12.7 Å². The molecule has 0 atom stereocenters. The fourth-order valence-electron chi connectivity index (χ4n) is 5.99. The Morgan fingerprint density at radius 1 is 0.950 bits per heavy atom. The number of amides is 4. The van der Waals surface area contributed by atoms with Crippen LogP contribution in [0.15, 0.2) is 66.7 Å². The summed E-state index contributed by atoms with van der Waals surface area (Å²) < 4.78 is 13.9. The van der Waals surface area contributed by atoms with E-state index in [1.54, 1.807) is 21.9 Å². The van der Waals surface area contributed by atoms with Crippen LogP contribution in [-0.2, 0) is 6.54 Å². The SMILES string of the molecule is Cc1c(-c2ccc(C(N)=O)c3[nH]c4cc(N5CCNC5=O)ccc4c23)cccc1N1Cc2ccc(F)cc2C1=O. The Labute approximate surface area is 228 Å². The summed E-state index contributed by atoms with van der Waals surface area (Å²) in [5.74, 6) is -1.24. The molecule has 2 aliphatic heterocycles. The third-order valence-electron chi connectivity index (χ3n) is 7.93. The van der Waals surface area contributed by atoms with Crippen molar-refractivity contribution < 1.29 is 18.8 Å². The van der Waals surface area contributed by atoms with Crippen molar-refractivity contribution in [2.75, 3.05) is 22.9 Å². The van der Waals surface area contributed by atoms with Crippen molar-refractivity contribution in [2.45, 2.75) is 13.5 Å². The Bertz CT molecular complexity index is 1930. The van der Waals surface area contributed by atoms with Crippen LogP contribution in [0.2, 0.25) is 0 Å². The third kappa shape index (κ3) is 3.47. The van der Waals surface area contributed by atoms with Gasteiger partial charge in [-0.15, -0.1) is 0 Å². The number of anilines is 2. The van der Waals surface area contributed by atoms with E-state index in [9.17, 15) is 18.8 Å². The summed E-state index contributed by atoms with van der Waals surface area (Å²) in [6.45, 7) is 3.46. The van der Waals surface area contributed by atoms with Crippen LogP contribution in [0.1, 0.15) is 31.8 Å². The molecule has 5 aromatic rings. The zero-order valence-electron chi connectivity index (χ0n) is 21.5. The molecule has 198 valence electrons. The summed E-state index contributed by atoms with van der Waals surface area (Å²) in [7, 11) is 0. The van der Waals surface area contributed by atoms with E-state index in [1.165, 1.54) is 12.1 Å². The lowest BCUT2D eigenvalue weighted by Gasteiger charge is -2.21. The van der Waals surface area contributed by atoms with Gasteiger partial charge in [0, 0.05) is 46.3 Å². The summed E-state index contributed by atoms with van der Waals surface area (Å²) in [6, 6.07) is 19.2. The molecule has 8 nitrogen and oxygen atoms in total. The van der Waals surface area contributed by atoms with Crippen molar-refractivity contribution in [3.63, 3.8) is 0 Å². The van der Waals surface area contributed by atoms with Gasteiger partial charge in [0.25, 0.3) is 11.8 Å². The number of nitrogens with two attached hydrogens (primary N) is 1. The average molecular weight is 534 g/mol. The minimum Gasteiger partial charge on any atom is -0.366 e. The summed E-state index contributed by atoms with van der Waals surface area (Å²) in [5.41, 5.74) is 12.7. The first-order valence-corrected chi connectivity index (χ1v) is 13.0. The van der Waals surface area contributed by atoms with Crippen LogP contribution in [-0.4, -0.2) is 35.9 Å². The van der Waals surface area contributed by atoms with E-state index >= 15 is 0 Å². The Morgan fingerprint density at radius 2 is 1.80 bits per heavy atom. The quantitative estimate of drug-likeness (QED) is 0.294. The van der Waals surface area contributed by atoms with Crippen LogP contribution >= 0.6 is 0 Å². The van der Waals surface area contributed by atoms with E-state index in [4.69, 9.17) is 5.73 Å². The minimum absolute atomic E-state index is 0.150. The van der Waals surface area contributed by atoms with Crippen LogP contribution in [0.25, 0.3) is 32.9 Å². The lowest BCUT2D eigenvalue weighted by atomic mass is 9.93. The molecule has 0 bridgehead atoms. The number of carbonyl (C=O) groups is 3. The lowest BCUT2D eigenvalue weighted by molar-refractivity contribution is 0.0990. The number of primary amides is 1. The molecule has 1 aromatic heterocycles. The van der Waals surface area contributed by atoms with Gasteiger partial charge < -0.3 is 20.9 Å². The van der Waals surface area contributed by atoms with E-state index in [0.717, 1.165) is 49.9 Å². The molecule has 4 N–H and O–H groups in total. The fraction of sp³-hybridized carbons (Fsp3) is 0.129. The number of aromatic amines is 1. The minimum atomic E-state index is -0.555. The highest BCUT2D eigenvalue weighted by Gasteiger charge is 2.30. The monoisotopic (exact) mass is 533 g/mol. The molecule has 3 heterocycles. The highest BCUT2D eigenvalue weighted by Crippen LogP contribution is 2.41. The van der Waals surface area contributed by atoms with Crippen molar-refractivity contribution in [3.05, 3.63) is 94.8 Å². The summed E-state index contributed by atoms with van der Waals surface area (Å²) in [4.78, 5) is 44.6.